The highest BCUT2D eigenvalue weighted by atomic mass is 32.2. The topological polar surface area (TPSA) is 109 Å². The number of nitrogens with one attached hydrogen (secondary N) is 2. The van der Waals surface area contributed by atoms with E-state index in [9.17, 15) is 19.2 Å². The molecule has 0 bridgehead atoms. The van der Waals surface area contributed by atoms with Crippen molar-refractivity contribution in [2.75, 3.05) is 25.4 Å². The van der Waals surface area contributed by atoms with Gasteiger partial charge in [-0.05, 0) is 11.6 Å². The molecule has 1 aromatic carbocycles. The molecular formula is C17H17N3O5S. The first-order valence-corrected chi connectivity index (χ1v) is 8.97. The number of benzene rings is 1. The van der Waals surface area contributed by atoms with Crippen LogP contribution in [0.1, 0.15) is 5.56 Å². The molecule has 3 amide bonds. The Kier molecular flexibility index (Phi) is 5.57. The Morgan fingerprint density at radius 1 is 1.27 bits per heavy atom. The fraction of sp³-hybridized carbons (Fsp3) is 0.294. The lowest BCUT2D eigenvalue weighted by atomic mass is 10.1. The predicted molar refractivity (Wildman–Crippen MR) is 95.5 cm³/mol. The average molecular weight is 375 g/mol. The Hall–Kier alpha value is -2.81. The number of hydrogen-bond acceptors (Lipinski definition) is 6. The van der Waals surface area contributed by atoms with Gasteiger partial charge in [0.05, 0.1) is 12.2 Å². The number of para-hydroxylation sites is 1. The standard InChI is InChI=1S/C17H17N3O5S/c21-14(18-5-6-20-15(22)10-26-17(20)24)9-25-16(23)7-11-8-19-13-4-2-1-3-12(11)13/h1-4,8,19H,5-7,9-10H2,(H,18,21). The SMILES string of the molecule is O=C(COC(=O)Cc1c[nH]c2ccccc12)NCCN1C(=O)CSC1=O. The van der Waals surface area contributed by atoms with Crippen LogP contribution < -0.4 is 5.32 Å². The van der Waals surface area contributed by atoms with Gasteiger partial charge in [-0.15, -0.1) is 0 Å². The van der Waals surface area contributed by atoms with Crippen LogP contribution in [0.2, 0.25) is 0 Å². The normalized spacial score (nSPS) is 14.1. The summed E-state index contributed by atoms with van der Waals surface area (Å²) < 4.78 is 4.97. The van der Waals surface area contributed by atoms with E-state index in [1.807, 2.05) is 24.3 Å². The largest absolute Gasteiger partial charge is 0.455 e. The number of H-pyrrole nitrogens is 1. The van der Waals surface area contributed by atoms with Gasteiger partial charge in [0.25, 0.3) is 11.1 Å². The third-order valence-corrected chi connectivity index (χ3v) is 4.73. The second-order valence-electron chi connectivity index (χ2n) is 5.65. The molecule has 2 aromatic rings. The summed E-state index contributed by atoms with van der Waals surface area (Å²) in [5, 5.41) is 3.14. The molecule has 1 aliphatic heterocycles. The first-order chi connectivity index (χ1) is 12.5. The Morgan fingerprint density at radius 2 is 2.08 bits per heavy atom. The summed E-state index contributed by atoms with van der Waals surface area (Å²) >= 11 is 0.942. The molecule has 3 rings (SSSR count). The average Bonchev–Trinajstić information content (AvgIpc) is 3.18. The monoisotopic (exact) mass is 375 g/mol. The van der Waals surface area contributed by atoms with Gasteiger partial charge in [0.1, 0.15) is 0 Å². The first-order valence-electron chi connectivity index (χ1n) is 7.99. The molecule has 26 heavy (non-hydrogen) atoms. The number of carbonyl (C=O) groups excluding carboxylic acids is 4. The number of imide groups is 1. The third-order valence-electron chi connectivity index (χ3n) is 3.87. The molecule has 0 atom stereocenters. The maximum Gasteiger partial charge on any atom is 0.310 e. The zero-order valence-corrected chi connectivity index (χ0v) is 14.6. The molecule has 1 fully saturated rings. The van der Waals surface area contributed by atoms with Crippen molar-refractivity contribution in [2.45, 2.75) is 6.42 Å². The number of nitrogens with zero attached hydrogens (tertiary/aromatic N) is 1. The number of carbonyl (C=O) groups is 4. The Morgan fingerprint density at radius 3 is 2.85 bits per heavy atom. The van der Waals surface area contributed by atoms with Gasteiger partial charge in [0.2, 0.25) is 5.91 Å². The van der Waals surface area contributed by atoms with Crippen molar-refractivity contribution in [3.05, 3.63) is 36.0 Å². The lowest BCUT2D eigenvalue weighted by Crippen LogP contribution is -2.38. The van der Waals surface area contributed by atoms with E-state index >= 15 is 0 Å². The number of hydrogen-bond donors (Lipinski definition) is 2. The molecule has 0 spiro atoms. The molecule has 0 radical (unpaired) electrons. The minimum atomic E-state index is -0.508. The Balaban J connectivity index is 1.39. The van der Waals surface area contributed by atoms with Crippen LogP contribution >= 0.6 is 11.8 Å². The number of amides is 3. The number of aromatic nitrogens is 1. The quantitative estimate of drug-likeness (QED) is 0.701. The number of aromatic amines is 1. The lowest BCUT2D eigenvalue weighted by Gasteiger charge is -2.13. The number of thioether (sulfide) groups is 1. The number of fused-ring (bicyclic) bond motifs is 1. The van der Waals surface area contributed by atoms with Crippen LogP contribution in [0.3, 0.4) is 0 Å². The number of esters is 1. The summed E-state index contributed by atoms with van der Waals surface area (Å²) in [5.41, 5.74) is 1.73. The molecule has 1 saturated heterocycles. The third kappa shape index (κ3) is 4.23. The second-order valence-corrected chi connectivity index (χ2v) is 6.57. The Labute approximate surface area is 153 Å². The highest BCUT2D eigenvalue weighted by Gasteiger charge is 2.29. The molecule has 8 nitrogen and oxygen atoms in total. The summed E-state index contributed by atoms with van der Waals surface area (Å²) in [7, 11) is 0. The van der Waals surface area contributed by atoms with E-state index in [0.717, 1.165) is 33.1 Å². The van der Waals surface area contributed by atoms with E-state index in [2.05, 4.69) is 10.3 Å². The maximum atomic E-state index is 11.9. The molecule has 2 N–H and O–H groups in total. The van der Waals surface area contributed by atoms with Crippen LogP contribution in [-0.2, 0) is 25.5 Å². The second kappa shape index (κ2) is 8.05. The van der Waals surface area contributed by atoms with E-state index < -0.39 is 18.5 Å². The Bertz CT molecular complexity index is 847. The maximum absolute atomic E-state index is 11.9. The van der Waals surface area contributed by atoms with E-state index in [4.69, 9.17) is 4.74 Å². The van der Waals surface area contributed by atoms with Crippen molar-refractivity contribution in [3.8, 4) is 0 Å². The van der Waals surface area contributed by atoms with Crippen molar-refractivity contribution in [2.24, 2.45) is 0 Å². The van der Waals surface area contributed by atoms with Gasteiger partial charge in [0, 0.05) is 30.2 Å². The fourth-order valence-corrected chi connectivity index (χ4v) is 3.34. The van der Waals surface area contributed by atoms with Crippen molar-refractivity contribution in [1.29, 1.82) is 0 Å². The van der Waals surface area contributed by atoms with Gasteiger partial charge in [-0.2, -0.15) is 0 Å². The zero-order chi connectivity index (χ0) is 18.5. The summed E-state index contributed by atoms with van der Waals surface area (Å²) in [4.78, 5) is 50.6. The molecule has 0 aliphatic carbocycles. The van der Waals surface area contributed by atoms with Crippen LogP contribution in [0.15, 0.2) is 30.5 Å². The van der Waals surface area contributed by atoms with Gasteiger partial charge >= 0.3 is 5.97 Å². The van der Waals surface area contributed by atoms with E-state index in [0.29, 0.717) is 0 Å². The van der Waals surface area contributed by atoms with Crippen LogP contribution in [0.5, 0.6) is 0 Å². The van der Waals surface area contributed by atoms with Gasteiger partial charge < -0.3 is 15.0 Å². The smallest absolute Gasteiger partial charge is 0.310 e. The molecule has 0 saturated carbocycles. The van der Waals surface area contributed by atoms with Crippen LogP contribution in [-0.4, -0.2) is 58.4 Å². The summed E-state index contributed by atoms with van der Waals surface area (Å²) in [6.07, 6.45) is 1.80. The fourth-order valence-electron chi connectivity index (χ4n) is 2.59. The first kappa shape index (κ1) is 18.0. The van der Waals surface area contributed by atoms with E-state index in [1.165, 1.54) is 0 Å². The van der Waals surface area contributed by atoms with Gasteiger partial charge in [-0.3, -0.25) is 24.1 Å². The van der Waals surface area contributed by atoms with Gasteiger partial charge in [-0.25, -0.2) is 0 Å². The molecule has 9 heteroatoms. The molecule has 136 valence electrons. The van der Waals surface area contributed by atoms with Crippen LogP contribution in [0, 0.1) is 0 Å². The van der Waals surface area contributed by atoms with E-state index in [1.54, 1.807) is 6.20 Å². The van der Waals surface area contributed by atoms with E-state index in [-0.39, 0.29) is 36.4 Å². The molecule has 1 aliphatic rings. The highest BCUT2D eigenvalue weighted by Crippen LogP contribution is 2.18. The number of ether oxygens (including phenoxy) is 1. The van der Waals surface area contributed by atoms with Gasteiger partial charge in [-0.1, -0.05) is 30.0 Å². The van der Waals surface area contributed by atoms with Crippen LogP contribution in [0.4, 0.5) is 4.79 Å². The summed E-state index contributed by atoms with van der Waals surface area (Å²) in [6.45, 7) is -0.172. The van der Waals surface area contributed by atoms with Crippen molar-refractivity contribution >= 4 is 45.7 Å². The minimum Gasteiger partial charge on any atom is -0.455 e. The van der Waals surface area contributed by atoms with Crippen molar-refractivity contribution in [1.82, 2.24) is 15.2 Å². The van der Waals surface area contributed by atoms with Gasteiger partial charge in [0.15, 0.2) is 6.61 Å². The zero-order valence-electron chi connectivity index (χ0n) is 13.8. The minimum absolute atomic E-state index is 0.0608. The summed E-state index contributed by atoms with van der Waals surface area (Å²) in [6, 6.07) is 7.59. The highest BCUT2D eigenvalue weighted by molar-refractivity contribution is 8.14. The van der Waals surface area contributed by atoms with Crippen molar-refractivity contribution < 1.29 is 23.9 Å². The molecule has 1 aromatic heterocycles. The molecular weight excluding hydrogens is 358 g/mol. The summed E-state index contributed by atoms with van der Waals surface area (Å²) in [5.74, 6) is -1.12. The molecule has 0 unspecified atom stereocenters. The lowest BCUT2D eigenvalue weighted by molar-refractivity contribution is -0.147. The van der Waals surface area contributed by atoms with Crippen molar-refractivity contribution in [3.63, 3.8) is 0 Å². The molecule has 2 heterocycles. The van der Waals surface area contributed by atoms with Crippen LogP contribution in [0.25, 0.3) is 10.9 Å². The predicted octanol–water partition coefficient (Wildman–Crippen LogP) is 1.07. The number of rotatable bonds is 7.